The van der Waals surface area contributed by atoms with E-state index in [0.29, 0.717) is 6.61 Å². The maximum absolute atomic E-state index is 5.22. The molecule has 0 saturated carbocycles. The maximum atomic E-state index is 5.22. The van der Waals surface area contributed by atoms with Crippen molar-refractivity contribution in [3.63, 3.8) is 0 Å². The van der Waals surface area contributed by atoms with Crippen LogP contribution in [0.1, 0.15) is 18.5 Å². The lowest BCUT2D eigenvalue weighted by atomic mass is 10.1. The van der Waals surface area contributed by atoms with Crippen molar-refractivity contribution >= 4 is 0 Å². The topological polar surface area (TPSA) is 30.5 Å². The summed E-state index contributed by atoms with van der Waals surface area (Å²) >= 11 is 0. The fourth-order valence-electron chi connectivity index (χ4n) is 1.52. The zero-order valence-corrected chi connectivity index (χ0v) is 10.3. The number of hydrogen-bond acceptors (Lipinski definition) is 3. The highest BCUT2D eigenvalue weighted by Crippen LogP contribution is 2.12. The number of hydrogen-bond donors (Lipinski definition) is 1. The van der Waals surface area contributed by atoms with Crippen LogP contribution in [0.15, 0.2) is 30.3 Å². The van der Waals surface area contributed by atoms with Gasteiger partial charge in [0, 0.05) is 20.8 Å². The van der Waals surface area contributed by atoms with E-state index in [2.05, 4.69) is 17.4 Å². The monoisotopic (exact) mass is 223 g/mol. The molecule has 16 heavy (non-hydrogen) atoms. The highest BCUT2D eigenvalue weighted by Gasteiger charge is 2.11. The van der Waals surface area contributed by atoms with Gasteiger partial charge in [-0.1, -0.05) is 30.3 Å². The van der Waals surface area contributed by atoms with Gasteiger partial charge in [0.1, 0.15) is 0 Å². The van der Waals surface area contributed by atoms with E-state index in [1.165, 1.54) is 5.56 Å². The van der Waals surface area contributed by atoms with E-state index < -0.39 is 0 Å². The van der Waals surface area contributed by atoms with E-state index in [0.717, 1.165) is 6.54 Å². The zero-order valence-electron chi connectivity index (χ0n) is 10.3. The van der Waals surface area contributed by atoms with Crippen molar-refractivity contribution in [2.45, 2.75) is 19.1 Å². The van der Waals surface area contributed by atoms with Gasteiger partial charge in [-0.05, 0) is 12.5 Å². The highest BCUT2D eigenvalue weighted by molar-refractivity contribution is 5.18. The van der Waals surface area contributed by atoms with Crippen LogP contribution < -0.4 is 5.32 Å². The fraction of sp³-hybridized carbons (Fsp3) is 0.538. The Balaban J connectivity index is 2.54. The molecule has 1 N–H and O–H groups in total. The van der Waals surface area contributed by atoms with Crippen molar-refractivity contribution < 1.29 is 9.47 Å². The molecule has 90 valence electrons. The first-order chi connectivity index (χ1) is 7.77. The number of rotatable bonds is 7. The van der Waals surface area contributed by atoms with Crippen LogP contribution in [0.2, 0.25) is 0 Å². The van der Waals surface area contributed by atoms with Crippen molar-refractivity contribution in [2.24, 2.45) is 0 Å². The second kappa shape index (κ2) is 7.39. The standard InChI is InChI=1S/C13H21NO2/c1-11(16-3)9-14-13(10-15-2)12-7-5-4-6-8-12/h4-8,11,13-14H,9-10H2,1-3H3. The summed E-state index contributed by atoms with van der Waals surface area (Å²) in [6.07, 6.45) is 0.211. The molecule has 1 aromatic carbocycles. The van der Waals surface area contributed by atoms with Gasteiger partial charge in [0.25, 0.3) is 0 Å². The molecule has 0 aliphatic heterocycles. The minimum atomic E-state index is 0.211. The SMILES string of the molecule is COCC(NCC(C)OC)c1ccccc1. The summed E-state index contributed by atoms with van der Waals surface area (Å²) in [6, 6.07) is 10.5. The lowest BCUT2D eigenvalue weighted by molar-refractivity contribution is 0.105. The first-order valence-electron chi connectivity index (χ1n) is 5.58. The van der Waals surface area contributed by atoms with Crippen LogP contribution in [0, 0.1) is 0 Å². The summed E-state index contributed by atoms with van der Waals surface area (Å²) in [7, 11) is 3.44. The molecule has 1 aromatic rings. The molecular weight excluding hydrogens is 202 g/mol. The highest BCUT2D eigenvalue weighted by atomic mass is 16.5. The molecule has 0 spiro atoms. The molecule has 0 aliphatic rings. The van der Waals surface area contributed by atoms with Crippen molar-refractivity contribution in [1.82, 2.24) is 5.32 Å². The normalized spacial score (nSPS) is 14.7. The first kappa shape index (κ1) is 13.2. The molecule has 0 fully saturated rings. The first-order valence-corrected chi connectivity index (χ1v) is 5.58. The minimum absolute atomic E-state index is 0.211. The predicted molar refractivity (Wildman–Crippen MR) is 65.5 cm³/mol. The molecule has 3 heteroatoms. The van der Waals surface area contributed by atoms with Crippen molar-refractivity contribution in [3.8, 4) is 0 Å². The van der Waals surface area contributed by atoms with Gasteiger partial charge in [0.15, 0.2) is 0 Å². The Kier molecular flexibility index (Phi) is 6.08. The van der Waals surface area contributed by atoms with Gasteiger partial charge in [0.05, 0.1) is 18.8 Å². The van der Waals surface area contributed by atoms with E-state index in [1.54, 1.807) is 14.2 Å². The number of benzene rings is 1. The van der Waals surface area contributed by atoms with Gasteiger partial charge in [-0.2, -0.15) is 0 Å². The summed E-state index contributed by atoms with van der Waals surface area (Å²) in [5.41, 5.74) is 1.24. The quantitative estimate of drug-likeness (QED) is 0.767. The van der Waals surface area contributed by atoms with Crippen LogP contribution >= 0.6 is 0 Å². The minimum Gasteiger partial charge on any atom is -0.383 e. The summed E-state index contributed by atoms with van der Waals surface area (Å²) in [4.78, 5) is 0. The third-order valence-corrected chi connectivity index (χ3v) is 2.59. The van der Waals surface area contributed by atoms with Crippen LogP contribution in [-0.4, -0.2) is 33.5 Å². The van der Waals surface area contributed by atoms with E-state index >= 15 is 0 Å². The second-order valence-corrected chi connectivity index (χ2v) is 3.87. The van der Waals surface area contributed by atoms with E-state index in [1.807, 2.05) is 25.1 Å². The molecule has 0 aromatic heterocycles. The summed E-state index contributed by atoms with van der Waals surface area (Å²) < 4.78 is 10.4. The number of nitrogens with one attached hydrogen (secondary N) is 1. The molecule has 0 amide bonds. The van der Waals surface area contributed by atoms with Gasteiger partial charge in [-0.3, -0.25) is 0 Å². The van der Waals surface area contributed by atoms with Gasteiger partial charge < -0.3 is 14.8 Å². The zero-order chi connectivity index (χ0) is 11.8. The van der Waals surface area contributed by atoms with Crippen LogP contribution in [0.5, 0.6) is 0 Å². The Labute approximate surface area is 97.8 Å². The molecule has 0 bridgehead atoms. The largest absolute Gasteiger partial charge is 0.383 e. The third-order valence-electron chi connectivity index (χ3n) is 2.59. The van der Waals surface area contributed by atoms with Gasteiger partial charge in [0.2, 0.25) is 0 Å². The van der Waals surface area contributed by atoms with Crippen LogP contribution in [0.3, 0.4) is 0 Å². The third kappa shape index (κ3) is 4.31. The Hall–Kier alpha value is -0.900. The molecule has 0 heterocycles. The van der Waals surface area contributed by atoms with Gasteiger partial charge in [-0.15, -0.1) is 0 Å². The Morgan fingerprint density at radius 1 is 1.19 bits per heavy atom. The molecule has 1 rings (SSSR count). The molecule has 3 nitrogen and oxygen atoms in total. The molecule has 0 aliphatic carbocycles. The van der Waals surface area contributed by atoms with E-state index in [-0.39, 0.29) is 12.1 Å². The van der Waals surface area contributed by atoms with Crippen molar-refractivity contribution in [2.75, 3.05) is 27.4 Å². The van der Waals surface area contributed by atoms with Crippen LogP contribution in [-0.2, 0) is 9.47 Å². The molecular formula is C13H21NO2. The Bertz CT molecular complexity index is 277. The Morgan fingerprint density at radius 2 is 1.88 bits per heavy atom. The lowest BCUT2D eigenvalue weighted by Crippen LogP contribution is -2.32. The van der Waals surface area contributed by atoms with E-state index in [4.69, 9.17) is 9.47 Å². The molecule has 0 radical (unpaired) electrons. The van der Waals surface area contributed by atoms with Crippen molar-refractivity contribution in [1.29, 1.82) is 0 Å². The average Bonchev–Trinajstić information content (AvgIpc) is 2.35. The summed E-state index contributed by atoms with van der Waals surface area (Å²) in [5.74, 6) is 0. The summed E-state index contributed by atoms with van der Waals surface area (Å²) in [6.45, 7) is 3.53. The van der Waals surface area contributed by atoms with Crippen LogP contribution in [0.25, 0.3) is 0 Å². The maximum Gasteiger partial charge on any atom is 0.0667 e. The Morgan fingerprint density at radius 3 is 2.44 bits per heavy atom. The fourth-order valence-corrected chi connectivity index (χ4v) is 1.52. The molecule has 2 atom stereocenters. The van der Waals surface area contributed by atoms with Crippen LogP contribution in [0.4, 0.5) is 0 Å². The second-order valence-electron chi connectivity index (χ2n) is 3.87. The molecule has 2 unspecified atom stereocenters. The smallest absolute Gasteiger partial charge is 0.0667 e. The molecule has 0 saturated heterocycles. The lowest BCUT2D eigenvalue weighted by Gasteiger charge is -2.20. The van der Waals surface area contributed by atoms with Gasteiger partial charge in [-0.25, -0.2) is 0 Å². The predicted octanol–water partition coefficient (Wildman–Crippen LogP) is 2.00. The average molecular weight is 223 g/mol. The number of ether oxygens (including phenoxy) is 2. The van der Waals surface area contributed by atoms with Crippen molar-refractivity contribution in [3.05, 3.63) is 35.9 Å². The summed E-state index contributed by atoms with van der Waals surface area (Å²) in [5, 5.41) is 3.44. The number of methoxy groups -OCH3 is 2. The van der Waals surface area contributed by atoms with E-state index in [9.17, 15) is 0 Å². The van der Waals surface area contributed by atoms with Gasteiger partial charge >= 0.3 is 0 Å².